The average molecular weight is 1010 g/mol. The first-order valence-corrected chi connectivity index (χ1v) is 21.0. The van der Waals surface area contributed by atoms with Crippen LogP contribution in [0.15, 0.2) is 59.6 Å². The molecular formula is C42H75N11O17. The number of carbonyl (C=O) groups is 8. The number of aromatic hydroxyl groups is 1. The number of nitrogens with zero attached hydrogens (tertiary/aromatic N) is 1. The zero-order valence-electron chi connectivity index (χ0n) is 39.5. The smallest absolute Gasteiger partial charge is 0.320 e. The zero-order valence-corrected chi connectivity index (χ0v) is 39.5. The number of guanidine groups is 1. The van der Waals surface area contributed by atoms with Crippen LogP contribution in [-0.4, -0.2) is 162 Å². The molecule has 28 nitrogen and oxygen atoms in total. The molecule has 0 bridgehead atoms. The van der Waals surface area contributed by atoms with Gasteiger partial charge in [-0.1, -0.05) is 62.7 Å². The third-order valence-electron chi connectivity index (χ3n) is 8.25. The molecule has 1 aliphatic heterocycles. The van der Waals surface area contributed by atoms with E-state index in [9.17, 15) is 38.4 Å². The van der Waals surface area contributed by atoms with E-state index >= 15 is 0 Å². The van der Waals surface area contributed by atoms with Crippen LogP contribution >= 0.6 is 0 Å². The molecule has 0 amide bonds. The van der Waals surface area contributed by atoms with Gasteiger partial charge in [-0.25, -0.2) is 0 Å². The summed E-state index contributed by atoms with van der Waals surface area (Å²) in [6.45, 7) is 5.90. The number of carboxylic acids is 8. The number of hydrogen-bond donors (Lipinski definition) is 19. The minimum Gasteiger partial charge on any atom is -0.508 e. The molecule has 28 N–H and O–H groups in total. The van der Waals surface area contributed by atoms with Crippen molar-refractivity contribution in [2.45, 2.75) is 102 Å². The summed E-state index contributed by atoms with van der Waals surface area (Å²) in [7, 11) is 0. The van der Waals surface area contributed by atoms with Gasteiger partial charge in [-0.05, 0) is 81.2 Å². The van der Waals surface area contributed by atoms with Crippen LogP contribution in [-0.2, 0) is 51.2 Å². The summed E-state index contributed by atoms with van der Waals surface area (Å²) in [4.78, 5) is 83.0. The molecule has 2 aromatic rings. The van der Waals surface area contributed by atoms with Crippen molar-refractivity contribution in [1.29, 1.82) is 0 Å². The number of rotatable bonds is 18. The molecule has 2 aromatic carbocycles. The molecule has 1 aliphatic rings. The predicted octanol–water partition coefficient (Wildman–Crippen LogP) is -2.82. The van der Waals surface area contributed by atoms with Gasteiger partial charge in [0.2, 0.25) is 0 Å². The quantitative estimate of drug-likeness (QED) is 0.0407. The second-order valence-electron chi connectivity index (χ2n) is 14.4. The van der Waals surface area contributed by atoms with E-state index in [-0.39, 0.29) is 43.2 Å². The number of hydrogen-bond acceptors (Lipinski definition) is 18. The van der Waals surface area contributed by atoms with Gasteiger partial charge in [-0.3, -0.25) is 43.3 Å². The van der Waals surface area contributed by atoms with Gasteiger partial charge in [0, 0.05) is 6.54 Å². The fourth-order valence-corrected chi connectivity index (χ4v) is 3.96. The summed E-state index contributed by atoms with van der Waals surface area (Å²) >= 11 is 0. The molecule has 0 unspecified atom stereocenters. The summed E-state index contributed by atoms with van der Waals surface area (Å²) in [5.74, 6) is -7.27. The lowest BCUT2D eigenvalue weighted by Crippen LogP contribution is -2.36. The van der Waals surface area contributed by atoms with Crippen molar-refractivity contribution in [3.63, 3.8) is 0 Å². The standard InChI is InChI=1S/C9H11NO3.C9H11NO2.C6H14N4O2.C6H13NO2.C5H9NO2.C3H7NO2.2C2H5NO2/c10-8(9(12)13)5-6-1-3-7(11)4-2-6;10-8(9(11)12)6-7-4-2-1-3-5-7;7-4(5(11)12)2-1-3-10-6(8)9;1-3-4(2)5(7)6(8)9;7-5(8)4-2-1-3-6-4;1-2(4)3(5)6;2*3-1-2(4)5/h1-4,8,11H,5,10H2,(H,12,13);1-5,8H,6,10H2,(H,11,12);4H,1-3,7H2,(H,11,12)(H4,8,9,10);4-5H,3,7H2,1-2H3,(H,8,9);4,6H,1-3H2,(H,7,8);2H,4H2,1H3,(H,5,6);2*1,3H2,(H,4,5)/t2*8-;4-;4-,5-;4-;2-;;/m000000../s1. The van der Waals surface area contributed by atoms with Crippen LogP contribution in [0.1, 0.15) is 64.0 Å². The van der Waals surface area contributed by atoms with Crippen LogP contribution in [0.2, 0.25) is 0 Å². The largest absolute Gasteiger partial charge is 0.508 e. The first-order valence-electron chi connectivity index (χ1n) is 21.0. The van der Waals surface area contributed by atoms with Crippen LogP contribution in [0.3, 0.4) is 0 Å². The van der Waals surface area contributed by atoms with Gasteiger partial charge in [0.05, 0.1) is 13.1 Å². The van der Waals surface area contributed by atoms with E-state index < -0.39 is 78.0 Å². The first kappa shape index (κ1) is 71.9. The van der Waals surface area contributed by atoms with Gasteiger partial charge < -0.3 is 103 Å². The van der Waals surface area contributed by atoms with E-state index in [1.807, 2.05) is 44.2 Å². The van der Waals surface area contributed by atoms with Crippen molar-refractivity contribution in [3.8, 4) is 5.75 Å². The van der Waals surface area contributed by atoms with Crippen molar-refractivity contribution in [1.82, 2.24) is 5.32 Å². The highest BCUT2D eigenvalue weighted by Gasteiger charge is 2.20. The van der Waals surface area contributed by atoms with Crippen molar-refractivity contribution >= 4 is 53.7 Å². The molecule has 400 valence electrons. The lowest BCUT2D eigenvalue weighted by Gasteiger charge is -2.11. The molecule has 0 aromatic heterocycles. The molecular weight excluding hydrogens is 931 g/mol. The first-order chi connectivity index (χ1) is 32.4. The van der Waals surface area contributed by atoms with Crippen molar-refractivity contribution in [2.24, 2.45) is 62.5 Å². The molecule has 1 saturated heterocycles. The third-order valence-corrected chi connectivity index (χ3v) is 8.25. The summed E-state index contributed by atoms with van der Waals surface area (Å²) in [5.41, 5.74) is 47.0. The van der Waals surface area contributed by atoms with Crippen LogP contribution in [0.25, 0.3) is 0 Å². The van der Waals surface area contributed by atoms with E-state index in [4.69, 9.17) is 86.1 Å². The molecule has 3 rings (SSSR count). The molecule has 0 spiro atoms. The molecule has 0 saturated carbocycles. The Kier molecular flexibility index (Phi) is 45.7. The molecule has 28 heteroatoms. The fourth-order valence-electron chi connectivity index (χ4n) is 3.96. The Morgan fingerprint density at radius 2 is 1.04 bits per heavy atom. The van der Waals surface area contributed by atoms with Gasteiger partial charge in [0.1, 0.15) is 42.0 Å². The van der Waals surface area contributed by atoms with E-state index in [1.165, 1.54) is 19.1 Å². The van der Waals surface area contributed by atoms with Gasteiger partial charge >= 0.3 is 47.8 Å². The number of phenols is 1. The summed E-state index contributed by atoms with van der Waals surface area (Å²) in [6.07, 6.45) is 4.21. The molecule has 0 aliphatic carbocycles. The number of benzene rings is 2. The maximum atomic E-state index is 10.4. The van der Waals surface area contributed by atoms with Gasteiger partial charge in [-0.2, -0.15) is 0 Å². The minimum atomic E-state index is -1.02. The number of carboxylic acid groups (broad SMARTS) is 8. The molecule has 1 heterocycles. The summed E-state index contributed by atoms with van der Waals surface area (Å²) in [5, 5.41) is 77.0. The van der Waals surface area contributed by atoms with Crippen LogP contribution in [0.5, 0.6) is 5.75 Å². The summed E-state index contributed by atoms with van der Waals surface area (Å²) < 4.78 is 0. The number of aliphatic carboxylic acids is 8. The topological polar surface area (TPSA) is 577 Å². The molecule has 70 heavy (non-hydrogen) atoms. The minimum absolute atomic E-state index is 0.0129. The zero-order chi connectivity index (χ0) is 55.5. The molecule has 0 radical (unpaired) electrons. The predicted molar refractivity (Wildman–Crippen MR) is 257 cm³/mol. The van der Waals surface area contributed by atoms with E-state index in [1.54, 1.807) is 12.1 Å². The Bertz CT molecular complexity index is 1790. The van der Waals surface area contributed by atoms with Gasteiger partial charge in [0.15, 0.2) is 5.96 Å². The Labute approximate surface area is 404 Å². The monoisotopic (exact) mass is 1010 g/mol. The summed E-state index contributed by atoms with van der Waals surface area (Å²) in [6, 6.07) is 11.4. The second kappa shape index (κ2) is 44.5. The Morgan fingerprint density at radius 1 is 0.643 bits per heavy atom. The van der Waals surface area contributed by atoms with E-state index in [0.29, 0.717) is 25.8 Å². The average Bonchev–Trinajstić information content (AvgIpc) is 3.86. The Hall–Kier alpha value is -7.05. The molecule has 7 atom stereocenters. The van der Waals surface area contributed by atoms with Crippen molar-refractivity contribution in [3.05, 3.63) is 65.7 Å². The highest BCUT2D eigenvalue weighted by Crippen LogP contribution is 2.11. The van der Waals surface area contributed by atoms with E-state index in [0.717, 1.165) is 36.9 Å². The van der Waals surface area contributed by atoms with E-state index in [2.05, 4.69) is 21.8 Å². The van der Waals surface area contributed by atoms with Crippen LogP contribution < -0.4 is 56.9 Å². The highest BCUT2D eigenvalue weighted by atomic mass is 16.4. The Balaban J connectivity index is -0.000000235. The molecule has 1 fully saturated rings. The lowest BCUT2D eigenvalue weighted by atomic mass is 10.0. The van der Waals surface area contributed by atoms with Gasteiger partial charge in [0.25, 0.3) is 0 Å². The maximum absolute atomic E-state index is 10.4. The third kappa shape index (κ3) is 48.9. The number of nitrogens with two attached hydrogens (primary N) is 9. The Morgan fingerprint density at radius 3 is 1.30 bits per heavy atom. The fraction of sp³-hybridized carbons (Fsp3) is 0.500. The van der Waals surface area contributed by atoms with Crippen molar-refractivity contribution in [2.75, 3.05) is 26.2 Å². The van der Waals surface area contributed by atoms with Gasteiger partial charge in [-0.15, -0.1) is 0 Å². The normalized spacial score (nSPS) is 14.1. The SMILES string of the molecule is CC[C@H](C)[C@H](N)C(=O)O.C[C@H](N)C(=O)O.NC(N)=NCCC[C@H](N)C(=O)O.NCC(=O)O.NCC(=O)O.N[C@@H](Cc1ccc(O)cc1)C(=O)O.N[C@@H](Cc1ccccc1)C(=O)O.O=C(O)[C@@H]1CCCN1. The number of nitrogens with one attached hydrogen (secondary N) is 1. The highest BCUT2D eigenvalue weighted by molar-refractivity contribution is 5.76. The van der Waals surface area contributed by atoms with Crippen LogP contribution in [0, 0.1) is 5.92 Å². The van der Waals surface area contributed by atoms with Crippen molar-refractivity contribution < 1.29 is 84.3 Å². The second-order valence-corrected chi connectivity index (χ2v) is 14.4. The maximum Gasteiger partial charge on any atom is 0.320 e. The number of aliphatic imine (C=N–C) groups is 1. The van der Waals surface area contributed by atoms with Crippen LogP contribution in [0.4, 0.5) is 0 Å². The lowest BCUT2D eigenvalue weighted by molar-refractivity contribution is -0.140. The number of phenolic OH excluding ortho intramolecular Hbond substituents is 1.